The second-order valence-corrected chi connectivity index (χ2v) is 10.7. The topological polar surface area (TPSA) is 103 Å². The van der Waals surface area contributed by atoms with E-state index in [9.17, 15) is 19.1 Å². The van der Waals surface area contributed by atoms with Crippen molar-refractivity contribution in [2.75, 3.05) is 26.2 Å². The number of carboxylic acid groups (broad SMARTS) is 1. The molecule has 0 radical (unpaired) electrons. The number of nitrogens with zero attached hydrogens (tertiary/aromatic N) is 3. The molecule has 214 valence electrons. The lowest BCUT2D eigenvalue weighted by atomic mass is 9.91. The van der Waals surface area contributed by atoms with Crippen molar-refractivity contribution >= 4 is 28.8 Å². The van der Waals surface area contributed by atoms with Crippen molar-refractivity contribution in [3.05, 3.63) is 53.1 Å². The molecule has 0 spiro atoms. The molecule has 0 bridgehead atoms. The molecule has 1 N–H and O–H groups in total. The molecule has 40 heavy (non-hydrogen) atoms. The van der Waals surface area contributed by atoms with Crippen molar-refractivity contribution in [1.82, 2.24) is 9.55 Å². The number of aromatic nitrogens is 2. The van der Waals surface area contributed by atoms with Crippen molar-refractivity contribution in [2.45, 2.75) is 76.0 Å². The van der Waals surface area contributed by atoms with Crippen LogP contribution < -0.4 is 9.64 Å². The molecule has 5 rings (SSSR count). The fourth-order valence-electron chi connectivity index (χ4n) is 6.34. The van der Waals surface area contributed by atoms with Gasteiger partial charge in [-0.3, -0.25) is 9.69 Å². The molecule has 2 aliphatic rings. The maximum absolute atomic E-state index is 14.6. The third kappa shape index (κ3) is 5.00. The molecule has 2 aromatic carbocycles. The average Bonchev–Trinajstić information content (AvgIpc) is 3.33. The Balaban J connectivity index is 1.63. The Kier molecular flexibility index (Phi) is 7.98. The summed E-state index contributed by atoms with van der Waals surface area (Å²) in [5.41, 5.74) is 3.75. The van der Waals surface area contributed by atoms with Gasteiger partial charge in [0, 0.05) is 31.2 Å². The van der Waals surface area contributed by atoms with Crippen molar-refractivity contribution in [2.24, 2.45) is 0 Å². The molecule has 2 atom stereocenters. The van der Waals surface area contributed by atoms with E-state index in [1.54, 1.807) is 18.1 Å². The number of halogens is 1. The van der Waals surface area contributed by atoms with E-state index in [-0.39, 0.29) is 30.4 Å². The van der Waals surface area contributed by atoms with Crippen LogP contribution in [0.15, 0.2) is 30.3 Å². The van der Waals surface area contributed by atoms with Crippen LogP contribution in [0.5, 0.6) is 5.75 Å². The average molecular weight is 554 g/mol. The molecule has 2 heterocycles. The van der Waals surface area contributed by atoms with Crippen LogP contribution in [0.4, 0.5) is 14.9 Å². The number of carboxylic acids is 1. The molecule has 1 aliphatic heterocycles. The molecule has 9 nitrogen and oxygen atoms in total. The number of aliphatic carboxylic acids is 1. The first-order valence-corrected chi connectivity index (χ1v) is 13.8. The molecule has 0 unspecified atom stereocenters. The lowest BCUT2D eigenvalue weighted by molar-refractivity contribution is -0.138. The standard InChI is InChI=1S/C30H36FN3O6/c1-17-5-11-21-24(33(17)30(37)40-4)12-13-25-28(21)32-27(34(25)19-7-9-20(38-2)10-8-19)16-22(29(35)36)18-6-14-26(39-3)23(31)15-18/h6,12-15,17,19-20,22H,5,7-11,16H2,1-4H3,(H,35,36)/t17-,19?,20?,22+/m0/s1. The number of anilines is 1. The zero-order valence-electron chi connectivity index (χ0n) is 23.4. The van der Waals surface area contributed by atoms with Crippen LogP contribution >= 0.6 is 0 Å². The number of ether oxygens (including phenoxy) is 3. The van der Waals surface area contributed by atoms with Gasteiger partial charge in [-0.1, -0.05) is 6.07 Å². The van der Waals surface area contributed by atoms with Crippen LogP contribution in [0, 0.1) is 5.82 Å². The van der Waals surface area contributed by atoms with Gasteiger partial charge < -0.3 is 23.9 Å². The van der Waals surface area contributed by atoms with Gasteiger partial charge in [0.1, 0.15) is 5.82 Å². The van der Waals surface area contributed by atoms with E-state index in [0.29, 0.717) is 11.4 Å². The Morgan fingerprint density at radius 2 is 1.85 bits per heavy atom. The highest BCUT2D eigenvalue weighted by atomic mass is 19.1. The van der Waals surface area contributed by atoms with Gasteiger partial charge in [0.15, 0.2) is 11.6 Å². The Hall–Kier alpha value is -3.66. The van der Waals surface area contributed by atoms with E-state index in [2.05, 4.69) is 4.57 Å². The number of rotatable bonds is 7. The summed E-state index contributed by atoms with van der Waals surface area (Å²) in [5.74, 6) is -1.97. The second-order valence-electron chi connectivity index (χ2n) is 10.7. The molecule has 0 saturated heterocycles. The van der Waals surface area contributed by atoms with Crippen LogP contribution in [0.2, 0.25) is 0 Å². The number of hydrogen-bond acceptors (Lipinski definition) is 6. The summed E-state index contributed by atoms with van der Waals surface area (Å²) in [5, 5.41) is 10.2. The molecule has 3 aromatic rings. The van der Waals surface area contributed by atoms with Crippen LogP contribution in [0.1, 0.15) is 67.9 Å². The molecular weight excluding hydrogens is 517 g/mol. The maximum Gasteiger partial charge on any atom is 0.414 e. The molecule has 1 saturated carbocycles. The molecule has 1 aromatic heterocycles. The van der Waals surface area contributed by atoms with Crippen LogP contribution in [-0.2, 0) is 27.1 Å². The summed E-state index contributed by atoms with van der Waals surface area (Å²) in [6.07, 6.45) is 4.89. The first-order valence-electron chi connectivity index (χ1n) is 13.8. The zero-order chi connectivity index (χ0) is 28.6. The number of hydrogen-bond donors (Lipinski definition) is 1. The SMILES string of the molecule is COC(=O)N1c2ccc3c(nc(C[C@@H](C(=O)O)c4ccc(OC)c(F)c4)n3C3CCC(OC)CC3)c2CC[C@@H]1C. The van der Waals surface area contributed by atoms with E-state index in [4.69, 9.17) is 19.2 Å². The Morgan fingerprint density at radius 1 is 1.10 bits per heavy atom. The van der Waals surface area contributed by atoms with E-state index >= 15 is 0 Å². The van der Waals surface area contributed by atoms with Crippen LogP contribution in [0.3, 0.4) is 0 Å². The second kappa shape index (κ2) is 11.4. The lowest BCUT2D eigenvalue weighted by Crippen LogP contribution is -2.42. The lowest BCUT2D eigenvalue weighted by Gasteiger charge is -2.34. The molecule has 1 amide bonds. The smallest absolute Gasteiger partial charge is 0.414 e. The highest BCUT2D eigenvalue weighted by molar-refractivity contribution is 5.95. The van der Waals surface area contributed by atoms with E-state index in [1.165, 1.54) is 26.4 Å². The number of carbonyl (C=O) groups is 2. The summed E-state index contributed by atoms with van der Waals surface area (Å²) >= 11 is 0. The summed E-state index contributed by atoms with van der Waals surface area (Å²) in [4.78, 5) is 31.9. The van der Waals surface area contributed by atoms with Crippen molar-refractivity contribution in [1.29, 1.82) is 0 Å². The van der Waals surface area contributed by atoms with Gasteiger partial charge in [0.2, 0.25) is 0 Å². The minimum absolute atomic E-state index is 0.0235. The monoisotopic (exact) mass is 553 g/mol. The predicted octanol–water partition coefficient (Wildman–Crippen LogP) is 5.63. The first-order chi connectivity index (χ1) is 19.3. The molecule has 10 heteroatoms. The number of amides is 1. The minimum Gasteiger partial charge on any atom is -0.494 e. The number of imidazole rings is 1. The van der Waals surface area contributed by atoms with Gasteiger partial charge in [-0.05, 0) is 75.3 Å². The third-order valence-electron chi connectivity index (χ3n) is 8.50. The molecule has 1 aliphatic carbocycles. The number of carbonyl (C=O) groups excluding carboxylic acids is 1. The summed E-state index contributed by atoms with van der Waals surface area (Å²) in [6.45, 7) is 1.99. The predicted molar refractivity (Wildman–Crippen MR) is 148 cm³/mol. The van der Waals surface area contributed by atoms with Crippen LogP contribution in [-0.4, -0.2) is 60.2 Å². The Morgan fingerprint density at radius 3 is 2.48 bits per heavy atom. The quantitative estimate of drug-likeness (QED) is 0.404. The van der Waals surface area contributed by atoms with Gasteiger partial charge in [-0.15, -0.1) is 0 Å². The Labute approximate surface area is 232 Å². The van der Waals surface area contributed by atoms with Gasteiger partial charge in [-0.2, -0.15) is 0 Å². The molecular formula is C30H36FN3O6. The van der Waals surface area contributed by atoms with Gasteiger partial charge in [0.25, 0.3) is 0 Å². The van der Waals surface area contributed by atoms with Gasteiger partial charge in [-0.25, -0.2) is 14.2 Å². The summed E-state index contributed by atoms with van der Waals surface area (Å²) < 4.78 is 32.4. The maximum atomic E-state index is 14.6. The normalized spacial score (nSPS) is 21.6. The van der Waals surface area contributed by atoms with Crippen molar-refractivity contribution < 1.29 is 33.3 Å². The fraction of sp³-hybridized carbons (Fsp3) is 0.500. The van der Waals surface area contributed by atoms with E-state index in [0.717, 1.165) is 60.8 Å². The van der Waals surface area contributed by atoms with Crippen LogP contribution in [0.25, 0.3) is 11.0 Å². The first kappa shape index (κ1) is 27.9. The Bertz CT molecular complexity index is 1410. The minimum atomic E-state index is -1.06. The van der Waals surface area contributed by atoms with E-state index in [1.807, 2.05) is 19.1 Å². The summed E-state index contributed by atoms with van der Waals surface area (Å²) in [7, 11) is 4.48. The number of benzene rings is 2. The highest BCUT2D eigenvalue weighted by Gasteiger charge is 2.34. The largest absolute Gasteiger partial charge is 0.494 e. The van der Waals surface area contributed by atoms with Gasteiger partial charge >= 0.3 is 12.1 Å². The van der Waals surface area contributed by atoms with E-state index < -0.39 is 23.8 Å². The van der Waals surface area contributed by atoms with Gasteiger partial charge in [0.05, 0.1) is 43.0 Å². The highest BCUT2D eigenvalue weighted by Crippen LogP contribution is 2.40. The number of aryl methyl sites for hydroxylation is 1. The van der Waals surface area contributed by atoms with Crippen molar-refractivity contribution in [3.8, 4) is 5.75 Å². The third-order valence-corrected chi connectivity index (χ3v) is 8.50. The summed E-state index contributed by atoms with van der Waals surface area (Å²) in [6, 6.07) is 8.29. The molecule has 1 fully saturated rings. The number of methoxy groups -OCH3 is 3. The zero-order valence-corrected chi connectivity index (χ0v) is 23.4. The number of fused-ring (bicyclic) bond motifs is 3. The van der Waals surface area contributed by atoms with Crippen molar-refractivity contribution in [3.63, 3.8) is 0 Å². The fourth-order valence-corrected chi connectivity index (χ4v) is 6.34.